The predicted octanol–water partition coefficient (Wildman–Crippen LogP) is 2.59. The van der Waals surface area contributed by atoms with E-state index in [-0.39, 0.29) is 5.56 Å². The van der Waals surface area contributed by atoms with E-state index in [2.05, 4.69) is 4.74 Å². The molecule has 1 aromatic carbocycles. The van der Waals surface area contributed by atoms with Gasteiger partial charge in [0.15, 0.2) is 5.78 Å². The van der Waals surface area contributed by atoms with Crippen molar-refractivity contribution >= 4 is 5.78 Å². The van der Waals surface area contributed by atoms with Crippen LogP contribution in [0, 0.1) is 5.82 Å². The molecule has 0 saturated heterocycles. The topological polar surface area (TPSA) is 26.3 Å². The van der Waals surface area contributed by atoms with E-state index in [0.717, 1.165) is 6.07 Å². The fourth-order valence-electron chi connectivity index (χ4n) is 1.02. The van der Waals surface area contributed by atoms with Gasteiger partial charge in [0.05, 0.1) is 5.56 Å². The Bertz CT molecular complexity index is 373. The van der Waals surface area contributed by atoms with E-state index in [9.17, 15) is 22.4 Å². The number of alkyl halides is 3. The van der Waals surface area contributed by atoms with Crippen LogP contribution in [0.2, 0.25) is 0 Å². The average molecular weight is 236 g/mol. The molecule has 16 heavy (non-hydrogen) atoms. The first-order valence-corrected chi connectivity index (χ1v) is 4.32. The minimum atomic E-state index is -4.49. The van der Waals surface area contributed by atoms with E-state index in [1.54, 1.807) is 0 Å². The summed E-state index contributed by atoms with van der Waals surface area (Å²) in [5, 5.41) is 0. The maximum atomic E-state index is 13.0. The van der Waals surface area contributed by atoms with Crippen molar-refractivity contribution in [2.75, 3.05) is 13.2 Å². The van der Waals surface area contributed by atoms with Crippen LogP contribution in [0.25, 0.3) is 0 Å². The van der Waals surface area contributed by atoms with Crippen molar-refractivity contribution in [2.45, 2.75) is 6.18 Å². The molecule has 0 unspecified atom stereocenters. The zero-order valence-corrected chi connectivity index (χ0v) is 8.05. The van der Waals surface area contributed by atoms with Gasteiger partial charge >= 0.3 is 6.18 Å². The summed E-state index contributed by atoms with van der Waals surface area (Å²) >= 11 is 0. The summed E-state index contributed by atoms with van der Waals surface area (Å²) in [4.78, 5) is 11.2. The van der Waals surface area contributed by atoms with Gasteiger partial charge in [0.1, 0.15) is 19.0 Å². The van der Waals surface area contributed by atoms with E-state index in [1.165, 1.54) is 18.2 Å². The smallest absolute Gasteiger partial charge is 0.364 e. The number of rotatable bonds is 4. The van der Waals surface area contributed by atoms with Crippen LogP contribution in [0.15, 0.2) is 24.3 Å². The number of carbonyl (C=O) groups excluding carboxylic acids is 1. The zero-order chi connectivity index (χ0) is 12.2. The highest BCUT2D eigenvalue weighted by Crippen LogP contribution is 2.15. The SMILES string of the molecule is O=C(COCC(F)(F)F)c1ccccc1F. The summed E-state index contributed by atoms with van der Waals surface area (Å²) in [6, 6.07) is 5.04. The first-order valence-electron chi connectivity index (χ1n) is 4.32. The second kappa shape index (κ2) is 5.07. The van der Waals surface area contributed by atoms with Crippen LogP contribution in [0.1, 0.15) is 10.4 Å². The van der Waals surface area contributed by atoms with E-state index in [1.807, 2.05) is 0 Å². The molecule has 6 heteroatoms. The lowest BCUT2D eigenvalue weighted by Gasteiger charge is -2.07. The van der Waals surface area contributed by atoms with Crippen molar-refractivity contribution < 1.29 is 27.1 Å². The Hall–Kier alpha value is -1.43. The molecule has 0 radical (unpaired) electrons. The summed E-state index contributed by atoms with van der Waals surface area (Å²) in [5.74, 6) is -1.59. The quantitative estimate of drug-likeness (QED) is 0.593. The molecule has 0 aliphatic rings. The molecule has 0 amide bonds. The number of hydrogen-bond acceptors (Lipinski definition) is 2. The molecule has 0 heterocycles. The number of ether oxygens (including phenoxy) is 1. The number of carbonyl (C=O) groups is 1. The fourth-order valence-corrected chi connectivity index (χ4v) is 1.02. The Morgan fingerprint density at radius 3 is 2.44 bits per heavy atom. The summed E-state index contributed by atoms with van der Waals surface area (Å²) < 4.78 is 52.2. The van der Waals surface area contributed by atoms with Crippen molar-refractivity contribution in [3.8, 4) is 0 Å². The second-order valence-corrected chi connectivity index (χ2v) is 3.01. The molecule has 2 nitrogen and oxygen atoms in total. The molecule has 0 aliphatic carbocycles. The van der Waals surface area contributed by atoms with Gasteiger partial charge in [-0.25, -0.2) is 4.39 Å². The van der Waals surface area contributed by atoms with Crippen LogP contribution in [0.5, 0.6) is 0 Å². The van der Waals surface area contributed by atoms with Gasteiger partial charge in [-0.15, -0.1) is 0 Å². The Morgan fingerprint density at radius 2 is 1.88 bits per heavy atom. The molecule has 0 aliphatic heterocycles. The van der Waals surface area contributed by atoms with Gasteiger partial charge in [0, 0.05) is 0 Å². The van der Waals surface area contributed by atoms with Crippen LogP contribution in [-0.2, 0) is 4.74 Å². The van der Waals surface area contributed by atoms with Crippen molar-refractivity contribution in [3.05, 3.63) is 35.6 Å². The van der Waals surface area contributed by atoms with Crippen LogP contribution in [-0.4, -0.2) is 25.2 Å². The van der Waals surface area contributed by atoms with Crippen LogP contribution >= 0.6 is 0 Å². The highest BCUT2D eigenvalue weighted by Gasteiger charge is 2.28. The molecular formula is C10H8F4O2. The lowest BCUT2D eigenvalue weighted by molar-refractivity contribution is -0.170. The van der Waals surface area contributed by atoms with Gasteiger partial charge < -0.3 is 4.74 Å². The minimum Gasteiger partial charge on any atom is -0.364 e. The van der Waals surface area contributed by atoms with Gasteiger partial charge in [-0.3, -0.25) is 4.79 Å². The Kier molecular flexibility index (Phi) is 4.00. The molecule has 1 rings (SSSR count). The Morgan fingerprint density at radius 1 is 1.25 bits per heavy atom. The number of ketones is 1. The highest BCUT2D eigenvalue weighted by molar-refractivity contribution is 5.97. The summed E-state index contributed by atoms with van der Waals surface area (Å²) in [6.45, 7) is -2.31. The normalized spacial score (nSPS) is 11.5. The largest absolute Gasteiger partial charge is 0.411 e. The van der Waals surface area contributed by atoms with E-state index < -0.39 is 31.0 Å². The third-order valence-electron chi connectivity index (χ3n) is 1.67. The van der Waals surface area contributed by atoms with Crippen LogP contribution < -0.4 is 0 Å². The average Bonchev–Trinajstić information content (AvgIpc) is 2.16. The molecule has 0 spiro atoms. The Labute approximate surface area is 88.8 Å². The molecular weight excluding hydrogens is 228 g/mol. The Balaban J connectivity index is 2.51. The van der Waals surface area contributed by atoms with Crippen molar-refractivity contribution in [3.63, 3.8) is 0 Å². The summed E-state index contributed by atoms with van der Waals surface area (Å²) in [7, 11) is 0. The maximum absolute atomic E-state index is 13.0. The maximum Gasteiger partial charge on any atom is 0.411 e. The van der Waals surface area contributed by atoms with Crippen molar-refractivity contribution in [1.29, 1.82) is 0 Å². The molecule has 0 N–H and O–H groups in total. The molecule has 0 bridgehead atoms. The number of benzene rings is 1. The third kappa shape index (κ3) is 3.98. The van der Waals surface area contributed by atoms with E-state index >= 15 is 0 Å². The summed E-state index contributed by atoms with van der Waals surface area (Å²) in [6.07, 6.45) is -4.49. The van der Waals surface area contributed by atoms with Gasteiger partial charge in [0.2, 0.25) is 0 Å². The lowest BCUT2D eigenvalue weighted by atomic mass is 10.1. The number of Topliss-reactive ketones (excluding diaryl/α,β-unsaturated/α-hetero) is 1. The van der Waals surface area contributed by atoms with Crippen LogP contribution in [0.3, 0.4) is 0 Å². The lowest BCUT2D eigenvalue weighted by Crippen LogP contribution is -2.20. The molecule has 0 atom stereocenters. The second-order valence-electron chi connectivity index (χ2n) is 3.01. The van der Waals surface area contributed by atoms with E-state index in [0.29, 0.717) is 0 Å². The fraction of sp³-hybridized carbons (Fsp3) is 0.300. The van der Waals surface area contributed by atoms with Crippen molar-refractivity contribution in [2.24, 2.45) is 0 Å². The highest BCUT2D eigenvalue weighted by atomic mass is 19.4. The van der Waals surface area contributed by atoms with Crippen LogP contribution in [0.4, 0.5) is 17.6 Å². The molecule has 0 aromatic heterocycles. The monoisotopic (exact) mass is 236 g/mol. The molecule has 0 fully saturated rings. The van der Waals surface area contributed by atoms with Gasteiger partial charge in [0.25, 0.3) is 0 Å². The minimum absolute atomic E-state index is 0.273. The third-order valence-corrected chi connectivity index (χ3v) is 1.67. The van der Waals surface area contributed by atoms with Gasteiger partial charge in [-0.1, -0.05) is 12.1 Å². The van der Waals surface area contributed by atoms with Crippen molar-refractivity contribution in [1.82, 2.24) is 0 Å². The zero-order valence-electron chi connectivity index (χ0n) is 8.05. The summed E-state index contributed by atoms with van der Waals surface area (Å²) in [5.41, 5.74) is -0.273. The number of halogens is 4. The van der Waals surface area contributed by atoms with E-state index in [4.69, 9.17) is 0 Å². The molecule has 0 saturated carbocycles. The molecule has 88 valence electrons. The standard InChI is InChI=1S/C10H8F4O2/c11-8-4-2-1-3-7(8)9(15)5-16-6-10(12,13)14/h1-4H,5-6H2. The van der Waals surface area contributed by atoms with Gasteiger partial charge in [-0.05, 0) is 12.1 Å². The first-order chi connectivity index (χ1) is 7.40. The molecule has 1 aromatic rings. The number of hydrogen-bond donors (Lipinski definition) is 0. The first kappa shape index (κ1) is 12.6. The van der Waals surface area contributed by atoms with Gasteiger partial charge in [-0.2, -0.15) is 13.2 Å². The predicted molar refractivity (Wildman–Crippen MR) is 47.6 cm³/mol.